The molecular formula is C26H24N4O4S. The molecular weight excluding hydrogens is 464 g/mol. The van der Waals surface area contributed by atoms with E-state index < -0.39 is 10.0 Å². The molecule has 3 aromatic carbocycles. The maximum atomic E-state index is 13.2. The third-order valence-electron chi connectivity index (χ3n) is 6.16. The minimum absolute atomic E-state index is 0.121. The van der Waals surface area contributed by atoms with Crippen LogP contribution < -0.4 is 10.3 Å². The zero-order valence-corrected chi connectivity index (χ0v) is 20.2. The smallest absolute Gasteiger partial charge is 0.265 e. The minimum atomic E-state index is -3.39. The van der Waals surface area contributed by atoms with Gasteiger partial charge in [0.05, 0.1) is 28.5 Å². The molecule has 0 atom stereocenters. The molecule has 178 valence electrons. The molecule has 0 unspecified atom stereocenters. The summed E-state index contributed by atoms with van der Waals surface area (Å²) in [5, 5.41) is 0.537. The van der Waals surface area contributed by atoms with Crippen molar-refractivity contribution in [2.75, 3.05) is 17.5 Å². The van der Waals surface area contributed by atoms with E-state index in [1.165, 1.54) is 0 Å². The van der Waals surface area contributed by atoms with E-state index in [9.17, 15) is 18.0 Å². The molecule has 0 fully saturated rings. The van der Waals surface area contributed by atoms with Crippen molar-refractivity contribution in [3.63, 3.8) is 0 Å². The average Bonchev–Trinajstić information content (AvgIpc) is 2.83. The van der Waals surface area contributed by atoms with Gasteiger partial charge in [-0.25, -0.2) is 13.4 Å². The van der Waals surface area contributed by atoms with Gasteiger partial charge in [0, 0.05) is 18.7 Å². The van der Waals surface area contributed by atoms with Crippen molar-refractivity contribution < 1.29 is 13.2 Å². The van der Waals surface area contributed by atoms with Crippen molar-refractivity contribution in [3.05, 3.63) is 99.6 Å². The second kappa shape index (κ2) is 8.66. The molecule has 0 aliphatic carbocycles. The van der Waals surface area contributed by atoms with Crippen LogP contribution in [0.3, 0.4) is 0 Å². The standard InChI is InChI=1S/C26H24N4O4S/c1-17-27-23-8-4-3-7-22(23)26(32)30(17)20-12-10-18(11-13-20)25(31)29-15-14-21-19(16-29)6-5-9-24(21)28-35(2,33)34/h3-13,28H,14-16H2,1-2H3. The molecule has 1 aliphatic rings. The molecule has 1 aromatic heterocycles. The van der Waals surface area contributed by atoms with Gasteiger partial charge in [0.2, 0.25) is 10.0 Å². The van der Waals surface area contributed by atoms with Crippen LogP contribution in [0.1, 0.15) is 27.3 Å². The summed E-state index contributed by atoms with van der Waals surface area (Å²) in [5.41, 5.74) is 4.04. The van der Waals surface area contributed by atoms with Gasteiger partial charge in [0.1, 0.15) is 5.82 Å². The van der Waals surface area contributed by atoms with E-state index >= 15 is 0 Å². The molecule has 0 spiro atoms. The van der Waals surface area contributed by atoms with Crippen LogP contribution in [0.5, 0.6) is 0 Å². The molecule has 1 amide bonds. The fraction of sp³-hybridized carbons (Fsp3) is 0.192. The lowest BCUT2D eigenvalue weighted by Crippen LogP contribution is -2.36. The van der Waals surface area contributed by atoms with Crippen LogP contribution in [0.4, 0.5) is 5.69 Å². The van der Waals surface area contributed by atoms with Crippen molar-refractivity contribution in [2.45, 2.75) is 19.9 Å². The lowest BCUT2D eigenvalue weighted by molar-refractivity contribution is 0.0735. The maximum Gasteiger partial charge on any atom is 0.265 e. The number of para-hydroxylation sites is 1. The molecule has 0 saturated heterocycles. The van der Waals surface area contributed by atoms with Gasteiger partial charge in [-0.3, -0.25) is 18.9 Å². The Bertz CT molecular complexity index is 1630. The van der Waals surface area contributed by atoms with Gasteiger partial charge < -0.3 is 4.90 Å². The van der Waals surface area contributed by atoms with Gasteiger partial charge in [-0.05, 0) is 66.9 Å². The minimum Gasteiger partial charge on any atom is -0.334 e. The predicted molar refractivity (Wildman–Crippen MR) is 135 cm³/mol. The average molecular weight is 489 g/mol. The van der Waals surface area contributed by atoms with E-state index in [2.05, 4.69) is 9.71 Å². The Balaban J connectivity index is 1.40. The Hall–Kier alpha value is -3.98. The molecule has 4 aromatic rings. The fourth-order valence-corrected chi connectivity index (χ4v) is 5.15. The molecule has 0 radical (unpaired) electrons. The van der Waals surface area contributed by atoms with Crippen molar-refractivity contribution in [1.82, 2.24) is 14.5 Å². The highest BCUT2D eigenvalue weighted by atomic mass is 32.2. The van der Waals surface area contributed by atoms with E-state index in [0.29, 0.717) is 53.2 Å². The quantitative estimate of drug-likeness (QED) is 0.475. The van der Waals surface area contributed by atoms with Gasteiger partial charge >= 0.3 is 0 Å². The van der Waals surface area contributed by atoms with Crippen LogP contribution in [0.25, 0.3) is 16.6 Å². The monoisotopic (exact) mass is 488 g/mol. The Labute approximate surface area is 202 Å². The summed E-state index contributed by atoms with van der Waals surface area (Å²) in [6, 6.07) is 19.6. The lowest BCUT2D eigenvalue weighted by Gasteiger charge is -2.30. The van der Waals surface area contributed by atoms with Gasteiger partial charge in [0.15, 0.2) is 0 Å². The molecule has 0 bridgehead atoms. The lowest BCUT2D eigenvalue weighted by atomic mass is 9.97. The number of carbonyl (C=O) groups is 1. The van der Waals surface area contributed by atoms with Crippen LogP contribution in [0.2, 0.25) is 0 Å². The van der Waals surface area contributed by atoms with Crippen LogP contribution >= 0.6 is 0 Å². The van der Waals surface area contributed by atoms with Crippen molar-refractivity contribution in [2.24, 2.45) is 0 Å². The first kappa shape index (κ1) is 22.8. The van der Waals surface area contributed by atoms with Crippen LogP contribution in [0.15, 0.2) is 71.5 Å². The third kappa shape index (κ3) is 4.42. The number of nitrogens with zero attached hydrogens (tertiary/aromatic N) is 3. The fourth-order valence-electron chi connectivity index (χ4n) is 4.56. The Morgan fingerprint density at radius 1 is 1.00 bits per heavy atom. The number of amides is 1. The van der Waals surface area contributed by atoms with Crippen molar-refractivity contribution in [3.8, 4) is 5.69 Å². The summed E-state index contributed by atoms with van der Waals surface area (Å²) >= 11 is 0. The van der Waals surface area contributed by atoms with Gasteiger partial charge in [-0.1, -0.05) is 24.3 Å². The number of hydrogen-bond acceptors (Lipinski definition) is 5. The molecule has 1 aliphatic heterocycles. The van der Waals surface area contributed by atoms with Crippen LogP contribution in [-0.4, -0.2) is 41.6 Å². The van der Waals surface area contributed by atoms with Crippen molar-refractivity contribution in [1.29, 1.82) is 0 Å². The second-order valence-electron chi connectivity index (χ2n) is 8.66. The summed E-state index contributed by atoms with van der Waals surface area (Å²) in [5.74, 6) is 0.448. The third-order valence-corrected chi connectivity index (χ3v) is 6.76. The molecule has 35 heavy (non-hydrogen) atoms. The first-order valence-electron chi connectivity index (χ1n) is 11.2. The number of anilines is 1. The van der Waals surface area contributed by atoms with Crippen molar-refractivity contribution >= 4 is 32.5 Å². The van der Waals surface area contributed by atoms with E-state index in [4.69, 9.17) is 0 Å². The van der Waals surface area contributed by atoms with Crippen LogP contribution in [0, 0.1) is 6.92 Å². The zero-order valence-electron chi connectivity index (χ0n) is 19.4. The number of rotatable bonds is 4. The first-order chi connectivity index (χ1) is 16.7. The van der Waals surface area contributed by atoms with E-state index in [0.717, 1.165) is 17.4 Å². The number of benzene rings is 3. The number of aryl methyl sites for hydroxylation is 1. The van der Waals surface area contributed by atoms with E-state index in [1.807, 2.05) is 24.3 Å². The molecule has 5 rings (SSSR count). The molecule has 8 nitrogen and oxygen atoms in total. The summed E-state index contributed by atoms with van der Waals surface area (Å²) in [6.45, 7) is 2.65. The topological polar surface area (TPSA) is 101 Å². The van der Waals surface area contributed by atoms with E-state index in [-0.39, 0.29) is 11.5 Å². The number of aromatic nitrogens is 2. The normalized spacial score (nSPS) is 13.5. The van der Waals surface area contributed by atoms with Crippen LogP contribution in [-0.2, 0) is 23.0 Å². The SMILES string of the molecule is Cc1nc2ccccc2c(=O)n1-c1ccc(C(=O)N2CCc3c(cccc3NS(C)(=O)=O)C2)cc1. The maximum absolute atomic E-state index is 13.2. The Morgan fingerprint density at radius 3 is 2.49 bits per heavy atom. The number of nitrogens with one attached hydrogen (secondary N) is 1. The second-order valence-corrected chi connectivity index (χ2v) is 10.4. The molecule has 0 saturated carbocycles. The highest BCUT2D eigenvalue weighted by Crippen LogP contribution is 2.28. The first-order valence-corrected chi connectivity index (χ1v) is 13.1. The molecule has 2 heterocycles. The number of fused-ring (bicyclic) bond motifs is 2. The largest absolute Gasteiger partial charge is 0.334 e. The van der Waals surface area contributed by atoms with Gasteiger partial charge in [-0.15, -0.1) is 0 Å². The molecule has 9 heteroatoms. The number of carbonyl (C=O) groups excluding carboxylic acids is 1. The molecule has 1 N–H and O–H groups in total. The van der Waals surface area contributed by atoms with E-state index in [1.54, 1.807) is 58.9 Å². The van der Waals surface area contributed by atoms with Gasteiger partial charge in [0.25, 0.3) is 11.5 Å². The highest BCUT2D eigenvalue weighted by Gasteiger charge is 2.24. The summed E-state index contributed by atoms with van der Waals surface area (Å²) in [6.07, 6.45) is 1.67. The Kier molecular flexibility index (Phi) is 5.64. The van der Waals surface area contributed by atoms with Gasteiger partial charge in [-0.2, -0.15) is 0 Å². The summed E-state index contributed by atoms with van der Waals surface area (Å²) in [4.78, 5) is 32.6. The number of hydrogen-bond donors (Lipinski definition) is 1. The number of sulfonamides is 1. The Morgan fingerprint density at radius 2 is 1.74 bits per heavy atom. The highest BCUT2D eigenvalue weighted by molar-refractivity contribution is 7.92. The zero-order chi connectivity index (χ0) is 24.7. The summed E-state index contributed by atoms with van der Waals surface area (Å²) < 4.78 is 27.5. The predicted octanol–water partition coefficient (Wildman–Crippen LogP) is 3.26. The summed E-state index contributed by atoms with van der Waals surface area (Å²) in [7, 11) is -3.39.